The Labute approximate surface area is 116 Å². The highest BCUT2D eigenvalue weighted by molar-refractivity contribution is 5.87. The van der Waals surface area contributed by atoms with Crippen LogP contribution in [0.1, 0.15) is 12.8 Å². The predicted molar refractivity (Wildman–Crippen MR) is 68.0 cm³/mol. The van der Waals surface area contributed by atoms with E-state index in [2.05, 4.69) is 0 Å². The van der Waals surface area contributed by atoms with Gasteiger partial charge in [-0.05, 0) is 6.42 Å². The number of hydrogen-bond acceptors (Lipinski definition) is 4. The summed E-state index contributed by atoms with van der Waals surface area (Å²) in [6.07, 6.45) is -0.143. The number of hydrogen-bond donors (Lipinski definition) is 2. The van der Waals surface area contributed by atoms with Crippen LogP contribution in [-0.4, -0.2) is 88.2 Å². The third-order valence-electron chi connectivity index (χ3n) is 3.75. The third-order valence-corrected chi connectivity index (χ3v) is 3.75. The van der Waals surface area contributed by atoms with Crippen molar-refractivity contribution in [3.05, 3.63) is 0 Å². The number of likely N-dealkylation sites (tertiary alicyclic amines) is 1. The number of nitrogens with zero attached hydrogens (tertiary/aromatic N) is 3. The summed E-state index contributed by atoms with van der Waals surface area (Å²) in [5, 5.41) is 18.7. The number of likely N-dealkylation sites (N-methyl/N-ethyl adjacent to an activating group) is 1. The highest BCUT2D eigenvalue weighted by Gasteiger charge is 2.41. The summed E-state index contributed by atoms with van der Waals surface area (Å²) < 4.78 is 0. The Balaban J connectivity index is 2.09. The van der Waals surface area contributed by atoms with Crippen LogP contribution < -0.4 is 0 Å². The summed E-state index contributed by atoms with van der Waals surface area (Å²) in [6, 6.07) is -1.51. The average molecular weight is 285 g/mol. The standard InChI is InChI=1S/C12H19N3O5/c1-13-3-2-4-14(7-10(13)17)12(20)15-6-8(16)5-9(15)11(18)19/h8-9,16H,2-7H2,1H3,(H,18,19). The van der Waals surface area contributed by atoms with Crippen molar-refractivity contribution in [2.24, 2.45) is 0 Å². The minimum Gasteiger partial charge on any atom is -0.480 e. The molecule has 2 aliphatic rings. The maximum Gasteiger partial charge on any atom is 0.326 e. The Morgan fingerprint density at radius 2 is 2.00 bits per heavy atom. The predicted octanol–water partition coefficient (Wildman–Crippen LogP) is -1.21. The van der Waals surface area contributed by atoms with Crippen LogP contribution in [0.2, 0.25) is 0 Å². The maximum absolute atomic E-state index is 12.4. The Hall–Kier alpha value is -1.83. The van der Waals surface area contributed by atoms with Crippen LogP contribution in [0.15, 0.2) is 0 Å². The van der Waals surface area contributed by atoms with Crippen molar-refractivity contribution in [2.45, 2.75) is 25.0 Å². The van der Waals surface area contributed by atoms with Crippen LogP contribution >= 0.6 is 0 Å². The van der Waals surface area contributed by atoms with E-state index in [1.807, 2.05) is 0 Å². The Bertz CT molecular complexity index is 427. The zero-order valence-corrected chi connectivity index (χ0v) is 11.4. The Morgan fingerprint density at radius 1 is 1.30 bits per heavy atom. The largest absolute Gasteiger partial charge is 0.480 e. The molecule has 2 heterocycles. The van der Waals surface area contributed by atoms with Crippen molar-refractivity contribution in [1.82, 2.24) is 14.7 Å². The third kappa shape index (κ3) is 2.84. The lowest BCUT2D eigenvalue weighted by molar-refractivity contribution is -0.141. The summed E-state index contributed by atoms with van der Waals surface area (Å²) in [7, 11) is 1.68. The molecule has 20 heavy (non-hydrogen) atoms. The second kappa shape index (κ2) is 5.66. The minimum absolute atomic E-state index is 0.00364. The monoisotopic (exact) mass is 285 g/mol. The van der Waals surface area contributed by atoms with Crippen molar-refractivity contribution >= 4 is 17.9 Å². The average Bonchev–Trinajstić information content (AvgIpc) is 2.70. The van der Waals surface area contributed by atoms with Crippen LogP contribution in [0.5, 0.6) is 0 Å². The number of aliphatic carboxylic acids is 1. The molecule has 8 nitrogen and oxygen atoms in total. The summed E-state index contributed by atoms with van der Waals surface area (Å²) >= 11 is 0. The molecule has 112 valence electrons. The molecule has 3 amide bonds. The van der Waals surface area contributed by atoms with Gasteiger partial charge in [-0.25, -0.2) is 9.59 Å². The summed E-state index contributed by atoms with van der Waals surface area (Å²) in [6.45, 7) is 0.937. The van der Waals surface area contributed by atoms with E-state index in [0.29, 0.717) is 19.5 Å². The van der Waals surface area contributed by atoms with Gasteiger partial charge in [-0.15, -0.1) is 0 Å². The van der Waals surface area contributed by atoms with Gasteiger partial charge < -0.3 is 24.9 Å². The van der Waals surface area contributed by atoms with Gasteiger partial charge in [0.2, 0.25) is 5.91 Å². The van der Waals surface area contributed by atoms with E-state index in [1.165, 1.54) is 4.90 Å². The van der Waals surface area contributed by atoms with Crippen LogP contribution in [0.3, 0.4) is 0 Å². The minimum atomic E-state index is -1.13. The fraction of sp³-hybridized carbons (Fsp3) is 0.750. The molecular formula is C12H19N3O5. The molecule has 0 aromatic heterocycles. The first-order chi connectivity index (χ1) is 9.40. The molecule has 0 aromatic rings. The van der Waals surface area contributed by atoms with Gasteiger partial charge in [0.1, 0.15) is 12.6 Å². The number of carboxylic acids is 1. The molecule has 8 heteroatoms. The van der Waals surface area contributed by atoms with Gasteiger partial charge in [-0.1, -0.05) is 0 Å². The van der Waals surface area contributed by atoms with Crippen LogP contribution in [-0.2, 0) is 9.59 Å². The van der Waals surface area contributed by atoms with Gasteiger partial charge in [0.25, 0.3) is 0 Å². The quantitative estimate of drug-likeness (QED) is 0.629. The smallest absolute Gasteiger partial charge is 0.326 e. The lowest BCUT2D eigenvalue weighted by Crippen LogP contribution is -2.49. The number of carbonyl (C=O) groups is 3. The molecule has 2 atom stereocenters. The molecule has 2 aliphatic heterocycles. The molecule has 2 N–H and O–H groups in total. The van der Waals surface area contributed by atoms with E-state index in [1.54, 1.807) is 11.9 Å². The fourth-order valence-electron chi connectivity index (χ4n) is 2.59. The Morgan fingerprint density at radius 3 is 2.65 bits per heavy atom. The number of carboxylic acid groups (broad SMARTS) is 1. The van der Waals surface area contributed by atoms with E-state index in [-0.39, 0.29) is 25.4 Å². The number of rotatable bonds is 1. The van der Waals surface area contributed by atoms with Gasteiger partial charge in [0, 0.05) is 33.1 Å². The molecule has 0 spiro atoms. The van der Waals surface area contributed by atoms with E-state index in [9.17, 15) is 19.5 Å². The number of carbonyl (C=O) groups excluding carboxylic acids is 2. The molecule has 0 aliphatic carbocycles. The van der Waals surface area contributed by atoms with E-state index in [4.69, 9.17) is 5.11 Å². The number of aliphatic hydroxyl groups is 1. The van der Waals surface area contributed by atoms with Gasteiger partial charge >= 0.3 is 12.0 Å². The lowest BCUT2D eigenvalue weighted by atomic mass is 10.2. The van der Waals surface area contributed by atoms with Crippen LogP contribution in [0.4, 0.5) is 4.79 Å². The first kappa shape index (κ1) is 14.6. The lowest BCUT2D eigenvalue weighted by Gasteiger charge is -2.28. The first-order valence-corrected chi connectivity index (χ1v) is 6.60. The zero-order valence-electron chi connectivity index (χ0n) is 11.4. The number of aliphatic hydroxyl groups excluding tert-OH is 1. The van der Waals surface area contributed by atoms with Gasteiger partial charge in [-0.2, -0.15) is 0 Å². The van der Waals surface area contributed by atoms with Crippen LogP contribution in [0.25, 0.3) is 0 Å². The number of β-amino-alcohol motifs (C(OH)–C–C–N with tert-alkyl or cyclic N) is 1. The zero-order chi connectivity index (χ0) is 14.9. The van der Waals surface area contributed by atoms with Gasteiger partial charge in [0.15, 0.2) is 0 Å². The summed E-state index contributed by atoms with van der Waals surface area (Å²) in [5.74, 6) is -1.30. The van der Waals surface area contributed by atoms with Gasteiger partial charge in [-0.3, -0.25) is 4.79 Å². The fourth-order valence-corrected chi connectivity index (χ4v) is 2.59. The molecule has 0 saturated carbocycles. The van der Waals surface area contributed by atoms with Crippen molar-refractivity contribution < 1.29 is 24.6 Å². The topological polar surface area (TPSA) is 101 Å². The van der Waals surface area contributed by atoms with E-state index in [0.717, 1.165) is 4.90 Å². The second-order valence-electron chi connectivity index (χ2n) is 5.27. The van der Waals surface area contributed by atoms with Crippen molar-refractivity contribution in [1.29, 1.82) is 0 Å². The van der Waals surface area contributed by atoms with Gasteiger partial charge in [0.05, 0.1) is 6.10 Å². The summed E-state index contributed by atoms with van der Waals surface area (Å²) in [5.41, 5.74) is 0. The van der Waals surface area contributed by atoms with Crippen LogP contribution in [0, 0.1) is 0 Å². The normalized spacial score (nSPS) is 27.7. The van der Waals surface area contributed by atoms with Crippen molar-refractivity contribution in [3.8, 4) is 0 Å². The highest BCUT2D eigenvalue weighted by atomic mass is 16.4. The second-order valence-corrected chi connectivity index (χ2v) is 5.27. The Kier molecular flexibility index (Phi) is 4.12. The van der Waals surface area contributed by atoms with E-state index < -0.39 is 24.1 Å². The molecule has 2 rings (SSSR count). The first-order valence-electron chi connectivity index (χ1n) is 6.60. The number of urea groups is 1. The highest BCUT2D eigenvalue weighted by Crippen LogP contribution is 2.20. The molecule has 0 radical (unpaired) electrons. The molecule has 0 bridgehead atoms. The van der Waals surface area contributed by atoms with E-state index >= 15 is 0 Å². The van der Waals surface area contributed by atoms with Crippen molar-refractivity contribution in [2.75, 3.05) is 33.2 Å². The SMILES string of the molecule is CN1CCCN(C(=O)N2CC(O)CC2C(=O)O)CC1=O. The molecule has 0 aromatic carbocycles. The summed E-state index contributed by atoms with van der Waals surface area (Å²) in [4.78, 5) is 39.3. The van der Waals surface area contributed by atoms with Crippen molar-refractivity contribution in [3.63, 3.8) is 0 Å². The number of amides is 3. The maximum atomic E-state index is 12.4. The molecular weight excluding hydrogens is 266 g/mol. The molecule has 2 fully saturated rings. The molecule has 2 unspecified atom stereocenters. The molecule has 2 saturated heterocycles.